The Balaban J connectivity index is 1.71. The van der Waals surface area contributed by atoms with E-state index in [2.05, 4.69) is 35.9 Å². The Kier molecular flexibility index (Phi) is 4.70. The van der Waals surface area contributed by atoms with Gasteiger partial charge in [0, 0.05) is 26.5 Å². The maximum atomic E-state index is 8.73. The molecule has 0 aromatic carbocycles. The number of pyridine rings is 2. The molecular weight excluding hydrogens is 368 g/mol. The van der Waals surface area contributed by atoms with E-state index < -0.39 is 0 Å². The van der Waals surface area contributed by atoms with Crippen molar-refractivity contribution < 1.29 is 0 Å². The minimum atomic E-state index is 0.396. The first kappa shape index (κ1) is 18.2. The monoisotopic (exact) mass is 388 g/mol. The number of nitrogens with zero attached hydrogens (tertiary/aromatic N) is 6. The Bertz CT molecular complexity index is 1260. The van der Waals surface area contributed by atoms with E-state index in [-0.39, 0.29) is 0 Å². The molecule has 10 nitrogen and oxygen atoms in total. The highest BCUT2D eigenvalue weighted by molar-refractivity contribution is 6.07. The van der Waals surface area contributed by atoms with Gasteiger partial charge in [-0.25, -0.2) is 15.0 Å². The average Bonchev–Trinajstić information content (AvgIpc) is 3.34. The maximum Gasteiger partial charge on any atom is 0.204 e. The van der Waals surface area contributed by atoms with Crippen molar-refractivity contribution in [2.45, 2.75) is 6.54 Å². The number of guanidine groups is 1. The number of aromatic amines is 1. The van der Waals surface area contributed by atoms with Gasteiger partial charge >= 0.3 is 0 Å². The topological polar surface area (TPSA) is 132 Å². The summed E-state index contributed by atoms with van der Waals surface area (Å²) in [4.78, 5) is 21.2. The van der Waals surface area contributed by atoms with Crippen LogP contribution in [0.1, 0.15) is 5.69 Å². The number of hydrogen-bond acceptors (Lipinski definition) is 6. The number of nitriles is 1. The smallest absolute Gasteiger partial charge is 0.204 e. The number of fused-ring (bicyclic) bond motifs is 3. The molecule has 10 heteroatoms. The molecule has 0 atom stereocenters. The third-order valence-electron chi connectivity index (χ3n) is 4.59. The molecule has 0 aliphatic rings. The van der Waals surface area contributed by atoms with Crippen molar-refractivity contribution in [1.29, 1.82) is 5.26 Å². The van der Waals surface area contributed by atoms with Gasteiger partial charge in [-0.3, -0.25) is 10.3 Å². The fourth-order valence-electron chi connectivity index (χ4n) is 3.24. The summed E-state index contributed by atoms with van der Waals surface area (Å²) in [5.74, 6) is 1.12. The lowest BCUT2D eigenvalue weighted by molar-refractivity contribution is 0.848. The minimum Gasteiger partial charge on any atom is -0.371 e. The lowest BCUT2D eigenvalue weighted by atomic mass is 10.2. The van der Waals surface area contributed by atoms with Crippen molar-refractivity contribution in [2.24, 2.45) is 12.0 Å². The van der Waals surface area contributed by atoms with E-state index in [0.29, 0.717) is 12.5 Å². The van der Waals surface area contributed by atoms with Crippen LogP contribution in [0.3, 0.4) is 0 Å². The van der Waals surface area contributed by atoms with Crippen molar-refractivity contribution in [2.75, 3.05) is 19.4 Å². The molecule has 4 aromatic rings. The summed E-state index contributed by atoms with van der Waals surface area (Å²) in [7, 11) is 5.40. The van der Waals surface area contributed by atoms with Crippen molar-refractivity contribution in [1.82, 2.24) is 35.1 Å². The molecule has 4 heterocycles. The first-order valence-electron chi connectivity index (χ1n) is 8.98. The van der Waals surface area contributed by atoms with Gasteiger partial charge in [-0.15, -0.1) is 0 Å². The normalized spacial score (nSPS) is 11.6. The number of H-pyrrole nitrogens is 1. The summed E-state index contributed by atoms with van der Waals surface area (Å²) < 4.78 is 1.99. The van der Waals surface area contributed by atoms with E-state index in [1.807, 2.05) is 49.1 Å². The summed E-state index contributed by atoms with van der Waals surface area (Å²) in [5, 5.41) is 18.3. The van der Waals surface area contributed by atoms with E-state index in [1.54, 1.807) is 13.4 Å². The molecule has 0 radical (unpaired) electrons. The van der Waals surface area contributed by atoms with Crippen LogP contribution >= 0.6 is 0 Å². The van der Waals surface area contributed by atoms with Crippen LogP contribution in [-0.2, 0) is 13.6 Å². The minimum absolute atomic E-state index is 0.396. The fraction of sp³-hybridized carbons (Fsp3) is 0.211. The SMILES string of the molecule is CN=C(NC#N)NCc1cccc(-c2cc3c(nc(NC)c4ncn(C)c43)[nH]2)n1. The van der Waals surface area contributed by atoms with E-state index in [0.717, 1.165) is 45.0 Å². The predicted molar refractivity (Wildman–Crippen MR) is 112 cm³/mol. The quantitative estimate of drug-likeness (QED) is 0.181. The van der Waals surface area contributed by atoms with E-state index in [4.69, 9.17) is 10.2 Å². The fourth-order valence-corrected chi connectivity index (χ4v) is 3.24. The van der Waals surface area contributed by atoms with Gasteiger partial charge in [-0.1, -0.05) is 6.07 Å². The molecule has 146 valence electrons. The van der Waals surface area contributed by atoms with Crippen molar-refractivity contribution in [3.05, 3.63) is 36.3 Å². The Hall–Kier alpha value is -4.13. The number of hydrogen-bond donors (Lipinski definition) is 4. The summed E-state index contributed by atoms with van der Waals surface area (Å²) in [6.07, 6.45) is 3.63. The van der Waals surface area contributed by atoms with E-state index in [1.165, 1.54) is 0 Å². The summed E-state index contributed by atoms with van der Waals surface area (Å²) in [6, 6.07) is 7.84. The van der Waals surface area contributed by atoms with Crippen LogP contribution in [-0.4, -0.2) is 44.6 Å². The first-order chi connectivity index (χ1) is 14.1. The van der Waals surface area contributed by atoms with Crippen molar-refractivity contribution in [3.63, 3.8) is 0 Å². The second-order valence-corrected chi connectivity index (χ2v) is 6.39. The zero-order valence-corrected chi connectivity index (χ0v) is 16.3. The number of aliphatic imine (C=N–C) groups is 1. The lowest BCUT2D eigenvalue weighted by Gasteiger charge is -2.07. The van der Waals surface area contributed by atoms with Crippen molar-refractivity contribution >= 4 is 33.8 Å². The van der Waals surface area contributed by atoms with Crippen LogP contribution in [0.4, 0.5) is 5.82 Å². The standard InChI is InChI=1S/C19H20N10/c1-21-18-15-16(29(3)10-25-15)12-7-14(27-17(12)28-18)13-6-4-5-11(26-13)8-23-19(22-2)24-9-20/h4-7,10H,8H2,1-3H3,(H2,21,27,28)(H2,22,23,24). The third kappa shape index (κ3) is 3.29. The molecule has 0 bridgehead atoms. The summed E-state index contributed by atoms with van der Waals surface area (Å²) in [5.41, 5.74) is 5.08. The zero-order valence-electron chi connectivity index (χ0n) is 16.3. The lowest BCUT2D eigenvalue weighted by Crippen LogP contribution is -2.33. The number of aryl methyl sites for hydroxylation is 1. The van der Waals surface area contributed by atoms with E-state index in [9.17, 15) is 0 Å². The van der Waals surface area contributed by atoms with Crippen LogP contribution in [0.5, 0.6) is 0 Å². The number of anilines is 1. The molecule has 4 aromatic heterocycles. The number of rotatable bonds is 4. The highest BCUT2D eigenvalue weighted by atomic mass is 15.2. The van der Waals surface area contributed by atoms with Gasteiger partial charge in [0.2, 0.25) is 5.96 Å². The predicted octanol–water partition coefficient (Wildman–Crippen LogP) is 1.70. The summed E-state index contributed by atoms with van der Waals surface area (Å²) >= 11 is 0. The van der Waals surface area contributed by atoms with Gasteiger partial charge < -0.3 is 20.2 Å². The highest BCUT2D eigenvalue weighted by Gasteiger charge is 2.15. The average molecular weight is 388 g/mol. The largest absolute Gasteiger partial charge is 0.371 e. The highest BCUT2D eigenvalue weighted by Crippen LogP contribution is 2.31. The molecule has 0 amide bonds. The molecule has 0 fully saturated rings. The molecular formula is C19H20N10. The maximum absolute atomic E-state index is 8.73. The molecule has 0 unspecified atom stereocenters. The molecule has 4 N–H and O–H groups in total. The van der Waals surface area contributed by atoms with Gasteiger partial charge in [-0.05, 0) is 18.2 Å². The molecule has 0 spiro atoms. The molecule has 0 aliphatic heterocycles. The zero-order chi connectivity index (χ0) is 20.4. The third-order valence-corrected chi connectivity index (χ3v) is 4.59. The summed E-state index contributed by atoms with van der Waals surface area (Å²) in [6.45, 7) is 0.434. The van der Waals surface area contributed by atoms with Crippen LogP contribution in [0, 0.1) is 11.5 Å². The Morgan fingerprint density at radius 2 is 2.21 bits per heavy atom. The first-order valence-corrected chi connectivity index (χ1v) is 8.98. The molecule has 0 aliphatic carbocycles. The van der Waals surface area contributed by atoms with Crippen LogP contribution in [0.25, 0.3) is 33.5 Å². The molecule has 0 saturated heterocycles. The van der Waals surface area contributed by atoms with Gasteiger partial charge in [0.1, 0.15) is 11.2 Å². The Morgan fingerprint density at radius 3 is 2.97 bits per heavy atom. The van der Waals surface area contributed by atoms with Crippen LogP contribution in [0.2, 0.25) is 0 Å². The van der Waals surface area contributed by atoms with Crippen LogP contribution < -0.4 is 16.0 Å². The number of nitrogens with one attached hydrogen (secondary N) is 4. The Labute approximate surface area is 166 Å². The van der Waals surface area contributed by atoms with E-state index >= 15 is 0 Å². The second-order valence-electron chi connectivity index (χ2n) is 6.39. The molecule has 0 saturated carbocycles. The van der Waals surface area contributed by atoms with Gasteiger partial charge in [-0.2, -0.15) is 5.26 Å². The van der Waals surface area contributed by atoms with Gasteiger partial charge in [0.25, 0.3) is 0 Å². The molecule has 29 heavy (non-hydrogen) atoms. The number of imidazole rings is 1. The van der Waals surface area contributed by atoms with Gasteiger partial charge in [0.05, 0.1) is 35.5 Å². The Morgan fingerprint density at radius 1 is 1.34 bits per heavy atom. The molecule has 4 rings (SSSR count). The van der Waals surface area contributed by atoms with Crippen LogP contribution in [0.15, 0.2) is 35.6 Å². The van der Waals surface area contributed by atoms with Crippen molar-refractivity contribution in [3.8, 4) is 17.6 Å². The van der Waals surface area contributed by atoms with Gasteiger partial charge in [0.15, 0.2) is 12.0 Å². The second kappa shape index (κ2) is 7.47. The number of aromatic nitrogens is 5.